The zero-order valence-corrected chi connectivity index (χ0v) is 18.4. The van der Waals surface area contributed by atoms with Crippen LogP contribution < -0.4 is 4.74 Å². The number of benzene rings is 3. The molecule has 5 nitrogen and oxygen atoms in total. The van der Waals surface area contributed by atoms with Crippen molar-refractivity contribution in [3.63, 3.8) is 0 Å². The van der Waals surface area contributed by atoms with Crippen molar-refractivity contribution in [3.05, 3.63) is 89.5 Å². The monoisotopic (exact) mass is 500 g/mol. The molecule has 1 heterocycles. The molecule has 184 valence electrons. The third-order valence-corrected chi connectivity index (χ3v) is 5.60. The summed E-state index contributed by atoms with van der Waals surface area (Å²) in [5.41, 5.74) is 1.59. The van der Waals surface area contributed by atoms with Gasteiger partial charge in [0.25, 0.3) is 0 Å². The summed E-state index contributed by atoms with van der Waals surface area (Å²) in [5.74, 6) is -3.60. The van der Waals surface area contributed by atoms with Crippen LogP contribution in [0.2, 0.25) is 0 Å². The average Bonchev–Trinajstić information content (AvgIpc) is 3.27. The molecule has 4 rings (SSSR count). The molecule has 1 aliphatic rings. The van der Waals surface area contributed by atoms with Crippen molar-refractivity contribution < 1.29 is 36.2 Å². The lowest BCUT2D eigenvalue weighted by Gasteiger charge is -2.17. The molecular formula is C26H17F5N2O3. The maximum atomic E-state index is 14.4. The summed E-state index contributed by atoms with van der Waals surface area (Å²) in [6.45, 7) is -0.474. The number of nitriles is 1. The first-order valence-corrected chi connectivity index (χ1v) is 10.7. The van der Waals surface area contributed by atoms with Crippen molar-refractivity contribution >= 4 is 11.7 Å². The van der Waals surface area contributed by atoms with Crippen molar-refractivity contribution in [2.75, 3.05) is 6.61 Å². The Morgan fingerprint density at radius 3 is 2.11 bits per heavy atom. The van der Waals surface area contributed by atoms with Gasteiger partial charge in [-0.3, -0.25) is 9.79 Å². The molecule has 0 N–H and O–H groups in total. The predicted octanol–water partition coefficient (Wildman–Crippen LogP) is 6.15. The van der Waals surface area contributed by atoms with E-state index in [1.54, 1.807) is 30.3 Å². The van der Waals surface area contributed by atoms with Crippen molar-refractivity contribution in [2.24, 2.45) is 10.9 Å². The Hall–Kier alpha value is -4.26. The van der Waals surface area contributed by atoms with Crippen LogP contribution in [-0.2, 0) is 9.53 Å². The van der Waals surface area contributed by atoms with E-state index >= 15 is 0 Å². The number of nitrogens with zero attached hydrogens (tertiary/aromatic N) is 2. The number of alkyl halides is 3. The predicted molar refractivity (Wildman–Crippen MR) is 119 cm³/mol. The topological polar surface area (TPSA) is 71.7 Å². The van der Waals surface area contributed by atoms with Gasteiger partial charge in [0.2, 0.25) is 0 Å². The Bertz CT molecular complexity index is 1310. The van der Waals surface area contributed by atoms with Crippen molar-refractivity contribution in [1.29, 1.82) is 5.26 Å². The number of esters is 1. The fourth-order valence-electron chi connectivity index (χ4n) is 4.02. The van der Waals surface area contributed by atoms with Crippen molar-refractivity contribution in [2.45, 2.75) is 18.8 Å². The zero-order chi connectivity index (χ0) is 25.9. The van der Waals surface area contributed by atoms with Gasteiger partial charge < -0.3 is 9.47 Å². The van der Waals surface area contributed by atoms with E-state index in [0.717, 1.165) is 12.1 Å². The fraction of sp³-hybridized carbons (Fsp3) is 0.192. The van der Waals surface area contributed by atoms with Crippen LogP contribution in [0.15, 0.2) is 71.7 Å². The summed E-state index contributed by atoms with van der Waals surface area (Å²) in [7, 11) is 0. The van der Waals surface area contributed by atoms with Crippen LogP contribution in [0, 0.1) is 28.9 Å². The molecule has 0 amide bonds. The van der Waals surface area contributed by atoms with Crippen LogP contribution in [0.4, 0.5) is 22.0 Å². The molecule has 0 radical (unpaired) electrons. The number of carbonyl (C=O) groups is 1. The minimum atomic E-state index is -4.79. The van der Waals surface area contributed by atoms with Gasteiger partial charge in [0.05, 0.1) is 17.5 Å². The summed E-state index contributed by atoms with van der Waals surface area (Å²) in [5, 5.41) is 8.74. The lowest BCUT2D eigenvalue weighted by molar-refractivity contribution is -0.274. The van der Waals surface area contributed by atoms with Gasteiger partial charge in [-0.05, 0) is 41.0 Å². The highest BCUT2D eigenvalue weighted by molar-refractivity contribution is 6.04. The number of carbonyl (C=O) groups excluding carboxylic acids is 1. The number of hydrogen-bond donors (Lipinski definition) is 0. The van der Waals surface area contributed by atoms with E-state index in [9.17, 15) is 26.7 Å². The number of aliphatic imine (C=N–C) groups is 1. The summed E-state index contributed by atoms with van der Waals surface area (Å²) in [4.78, 5) is 17.1. The van der Waals surface area contributed by atoms with Crippen LogP contribution in [0.25, 0.3) is 11.1 Å². The molecule has 3 aromatic rings. The standard InChI is InChI=1S/C26H17F5N2O3/c27-20-2-1-3-21(28)23(20)22-14-19(25(34)35-13-12-32)24(33-22)17-6-4-15(5-7-17)16-8-10-18(11-9-16)36-26(29,30)31/h1-11,19,24H,13-14H2/t19-,24?/m0/s1. The van der Waals surface area contributed by atoms with Crippen molar-refractivity contribution in [1.82, 2.24) is 0 Å². The second-order valence-corrected chi connectivity index (χ2v) is 7.89. The molecule has 0 saturated heterocycles. The van der Waals surface area contributed by atoms with Crippen LogP contribution in [-0.4, -0.2) is 24.7 Å². The summed E-state index contributed by atoms with van der Waals surface area (Å²) < 4.78 is 74.7. The van der Waals surface area contributed by atoms with Crippen LogP contribution in [0.3, 0.4) is 0 Å². The molecule has 1 unspecified atom stereocenters. The van der Waals surface area contributed by atoms with Crippen LogP contribution in [0.1, 0.15) is 23.6 Å². The van der Waals surface area contributed by atoms with Gasteiger partial charge in [-0.25, -0.2) is 8.78 Å². The second-order valence-electron chi connectivity index (χ2n) is 7.89. The third-order valence-electron chi connectivity index (χ3n) is 5.60. The SMILES string of the molecule is N#CCOC(=O)[C@H]1CC(c2c(F)cccc2F)=NC1c1ccc(-c2ccc(OC(F)(F)F)cc2)cc1. The van der Waals surface area contributed by atoms with Gasteiger partial charge in [0.1, 0.15) is 23.5 Å². The molecule has 0 fully saturated rings. The van der Waals surface area contributed by atoms with Gasteiger partial charge in [-0.2, -0.15) is 5.26 Å². The Morgan fingerprint density at radius 1 is 0.972 bits per heavy atom. The van der Waals surface area contributed by atoms with Gasteiger partial charge in [0, 0.05) is 12.1 Å². The average molecular weight is 500 g/mol. The normalized spacial score (nSPS) is 17.3. The highest BCUT2D eigenvalue weighted by Crippen LogP contribution is 2.39. The van der Waals surface area contributed by atoms with Gasteiger partial charge in [-0.1, -0.05) is 42.5 Å². The Balaban J connectivity index is 1.62. The smallest absolute Gasteiger partial charge is 0.450 e. The molecule has 0 saturated carbocycles. The lowest BCUT2D eigenvalue weighted by Crippen LogP contribution is -2.22. The summed E-state index contributed by atoms with van der Waals surface area (Å²) >= 11 is 0. The van der Waals surface area contributed by atoms with E-state index in [4.69, 9.17) is 10.00 Å². The molecule has 1 aliphatic heterocycles. The number of hydrogen-bond acceptors (Lipinski definition) is 5. The quantitative estimate of drug-likeness (QED) is 0.301. The molecule has 0 bridgehead atoms. The van der Waals surface area contributed by atoms with E-state index in [1.807, 2.05) is 0 Å². The third kappa shape index (κ3) is 5.51. The van der Waals surface area contributed by atoms with E-state index in [2.05, 4.69) is 9.73 Å². The van der Waals surface area contributed by atoms with E-state index in [0.29, 0.717) is 16.7 Å². The van der Waals surface area contributed by atoms with Gasteiger partial charge >= 0.3 is 12.3 Å². The summed E-state index contributed by atoms with van der Waals surface area (Å²) in [6, 6.07) is 16.3. The maximum absolute atomic E-state index is 14.4. The molecular weight excluding hydrogens is 483 g/mol. The van der Waals surface area contributed by atoms with Gasteiger partial charge in [-0.15, -0.1) is 13.2 Å². The minimum Gasteiger partial charge on any atom is -0.450 e. The lowest BCUT2D eigenvalue weighted by atomic mass is 9.90. The first-order valence-electron chi connectivity index (χ1n) is 10.7. The summed E-state index contributed by atoms with van der Waals surface area (Å²) in [6.07, 6.45) is -4.88. The minimum absolute atomic E-state index is 0.0684. The maximum Gasteiger partial charge on any atom is 0.573 e. The molecule has 0 aromatic heterocycles. The molecule has 0 spiro atoms. The Kier molecular flexibility index (Phi) is 7.01. The fourth-order valence-corrected chi connectivity index (χ4v) is 4.02. The number of ether oxygens (including phenoxy) is 2. The highest BCUT2D eigenvalue weighted by Gasteiger charge is 2.39. The first kappa shape index (κ1) is 24.9. The van der Waals surface area contributed by atoms with E-state index in [-0.39, 0.29) is 23.4 Å². The van der Waals surface area contributed by atoms with Crippen LogP contribution >= 0.6 is 0 Å². The molecule has 0 aliphatic carbocycles. The van der Waals surface area contributed by atoms with E-state index < -0.39 is 42.5 Å². The number of rotatable bonds is 6. The van der Waals surface area contributed by atoms with Crippen LogP contribution in [0.5, 0.6) is 5.75 Å². The Morgan fingerprint density at radius 2 is 1.56 bits per heavy atom. The van der Waals surface area contributed by atoms with Gasteiger partial charge in [0.15, 0.2) is 6.61 Å². The van der Waals surface area contributed by atoms with E-state index in [1.165, 1.54) is 30.3 Å². The molecule has 36 heavy (non-hydrogen) atoms. The Labute approximate surface area is 202 Å². The molecule has 2 atom stereocenters. The number of halogens is 5. The largest absolute Gasteiger partial charge is 0.573 e. The molecule has 3 aromatic carbocycles. The van der Waals surface area contributed by atoms with Crippen molar-refractivity contribution in [3.8, 4) is 22.9 Å². The molecule has 10 heteroatoms. The zero-order valence-electron chi connectivity index (χ0n) is 18.4. The highest BCUT2D eigenvalue weighted by atomic mass is 19.4. The second kappa shape index (κ2) is 10.2. The first-order chi connectivity index (χ1) is 17.2.